The van der Waals surface area contributed by atoms with Gasteiger partial charge in [0.1, 0.15) is 0 Å². The molecule has 2 aromatic carbocycles. The number of hydrogen-bond donors (Lipinski definition) is 0. The second kappa shape index (κ2) is 10.2. The maximum Gasteiger partial charge on any atom is 0.387 e. The first-order valence-electron chi connectivity index (χ1n) is 8.19. The lowest BCUT2D eigenvalue weighted by Crippen LogP contribution is -2.13. The monoisotopic (exact) mass is 410 g/mol. The van der Waals surface area contributed by atoms with Gasteiger partial charge in [-0.2, -0.15) is 8.78 Å². The fourth-order valence-electron chi connectivity index (χ4n) is 2.31. The van der Waals surface area contributed by atoms with Crippen LogP contribution in [0.5, 0.6) is 17.2 Å². The van der Waals surface area contributed by atoms with E-state index < -0.39 is 30.8 Å². The molecule has 0 fully saturated rings. The molecule has 0 heterocycles. The Morgan fingerprint density at radius 2 is 1.79 bits per heavy atom. The van der Waals surface area contributed by atoms with Crippen molar-refractivity contribution in [1.29, 1.82) is 0 Å². The first-order chi connectivity index (χ1) is 13.8. The van der Waals surface area contributed by atoms with E-state index in [-0.39, 0.29) is 28.4 Å². The summed E-state index contributed by atoms with van der Waals surface area (Å²) in [6.45, 7) is -3.72. The fourth-order valence-corrected chi connectivity index (χ4v) is 2.31. The fraction of sp³-hybridized carbons (Fsp3) is 0.200. The Labute approximate surface area is 164 Å². The Bertz CT molecular complexity index is 911. The summed E-state index contributed by atoms with van der Waals surface area (Å²) in [7, 11) is 2.57. The number of para-hydroxylation sites is 1. The van der Waals surface area contributed by atoms with E-state index in [1.807, 2.05) is 0 Å². The van der Waals surface area contributed by atoms with Crippen LogP contribution in [0.25, 0.3) is 6.08 Å². The summed E-state index contributed by atoms with van der Waals surface area (Å²) in [5.41, 5.74) is 0.144. The molecule has 9 heteroatoms. The molecule has 0 atom stereocenters. The van der Waals surface area contributed by atoms with Crippen LogP contribution >= 0.6 is 0 Å². The topological polar surface area (TPSA) is 71.1 Å². The predicted octanol–water partition coefficient (Wildman–Crippen LogP) is 3.88. The van der Waals surface area contributed by atoms with Gasteiger partial charge in [0.2, 0.25) is 0 Å². The van der Waals surface area contributed by atoms with E-state index in [4.69, 9.17) is 14.2 Å². The van der Waals surface area contributed by atoms with Crippen molar-refractivity contribution in [3.63, 3.8) is 0 Å². The van der Waals surface area contributed by atoms with E-state index in [2.05, 4.69) is 4.74 Å². The number of rotatable bonds is 9. The molecule has 0 aromatic heterocycles. The van der Waals surface area contributed by atoms with Gasteiger partial charge in [-0.1, -0.05) is 12.1 Å². The largest absolute Gasteiger partial charge is 0.494 e. The van der Waals surface area contributed by atoms with Crippen molar-refractivity contribution < 1.29 is 41.7 Å². The molecular formula is C20H17F3O6. The summed E-state index contributed by atoms with van der Waals surface area (Å²) >= 11 is 0. The van der Waals surface area contributed by atoms with Crippen molar-refractivity contribution in [1.82, 2.24) is 0 Å². The van der Waals surface area contributed by atoms with Gasteiger partial charge in [0.15, 0.2) is 35.5 Å². The molecule has 0 unspecified atom stereocenters. The number of hydrogen-bond acceptors (Lipinski definition) is 6. The third-order valence-corrected chi connectivity index (χ3v) is 3.65. The van der Waals surface area contributed by atoms with Gasteiger partial charge in [-0.25, -0.2) is 9.18 Å². The SMILES string of the molecule is COc1ccc(C(=O)COC(=O)/C=C/c2cccc(OC)c2OC(F)F)cc1F. The lowest BCUT2D eigenvalue weighted by atomic mass is 10.1. The highest BCUT2D eigenvalue weighted by Crippen LogP contribution is 2.33. The number of carbonyl (C=O) groups excluding carboxylic acids is 2. The van der Waals surface area contributed by atoms with Crippen LogP contribution in [0.4, 0.5) is 13.2 Å². The number of esters is 1. The van der Waals surface area contributed by atoms with E-state index in [1.165, 1.54) is 50.6 Å². The first kappa shape index (κ1) is 21.8. The van der Waals surface area contributed by atoms with Crippen LogP contribution in [0.1, 0.15) is 15.9 Å². The lowest BCUT2D eigenvalue weighted by Gasteiger charge is -2.12. The molecule has 0 N–H and O–H groups in total. The summed E-state index contributed by atoms with van der Waals surface area (Å²) in [6.07, 6.45) is 2.12. The molecule has 6 nitrogen and oxygen atoms in total. The van der Waals surface area contributed by atoms with Gasteiger partial charge in [0.25, 0.3) is 0 Å². The minimum atomic E-state index is -3.09. The lowest BCUT2D eigenvalue weighted by molar-refractivity contribution is -0.136. The van der Waals surface area contributed by atoms with Crippen molar-refractivity contribution in [2.75, 3.05) is 20.8 Å². The molecule has 0 saturated carbocycles. The molecule has 0 amide bonds. The van der Waals surface area contributed by atoms with Gasteiger partial charge < -0.3 is 18.9 Å². The van der Waals surface area contributed by atoms with Crippen LogP contribution in [0.3, 0.4) is 0 Å². The van der Waals surface area contributed by atoms with E-state index in [9.17, 15) is 22.8 Å². The summed E-state index contributed by atoms with van der Waals surface area (Å²) < 4.78 is 57.8. The molecule has 0 bridgehead atoms. The van der Waals surface area contributed by atoms with Gasteiger partial charge >= 0.3 is 12.6 Å². The zero-order valence-electron chi connectivity index (χ0n) is 15.5. The number of Topliss-reactive ketones (excluding diaryl/α,β-unsaturated/α-hetero) is 1. The molecule has 0 radical (unpaired) electrons. The summed E-state index contributed by atoms with van der Waals surface area (Å²) in [4.78, 5) is 23.8. The Morgan fingerprint density at radius 1 is 1.07 bits per heavy atom. The smallest absolute Gasteiger partial charge is 0.387 e. The van der Waals surface area contributed by atoms with Gasteiger partial charge in [-0.05, 0) is 30.3 Å². The Kier molecular flexibility index (Phi) is 7.64. The summed E-state index contributed by atoms with van der Waals surface area (Å²) in [6, 6.07) is 7.93. The van der Waals surface area contributed by atoms with Crippen LogP contribution in [-0.2, 0) is 9.53 Å². The summed E-state index contributed by atoms with van der Waals surface area (Å²) in [5.74, 6) is -2.48. The van der Waals surface area contributed by atoms with E-state index in [0.29, 0.717) is 0 Å². The van der Waals surface area contributed by atoms with Gasteiger partial charge in [-0.3, -0.25) is 4.79 Å². The minimum absolute atomic E-state index is 0.000458. The Morgan fingerprint density at radius 3 is 2.41 bits per heavy atom. The second-order valence-corrected chi connectivity index (χ2v) is 5.47. The van der Waals surface area contributed by atoms with Crippen LogP contribution in [0.2, 0.25) is 0 Å². The number of alkyl halides is 2. The average Bonchev–Trinajstić information content (AvgIpc) is 2.70. The van der Waals surface area contributed by atoms with Gasteiger partial charge in [0, 0.05) is 17.2 Å². The number of ketones is 1. The van der Waals surface area contributed by atoms with E-state index in [0.717, 1.165) is 12.1 Å². The van der Waals surface area contributed by atoms with Crippen LogP contribution in [0, 0.1) is 5.82 Å². The first-order valence-corrected chi connectivity index (χ1v) is 8.19. The van der Waals surface area contributed by atoms with Crippen molar-refractivity contribution in [3.05, 3.63) is 59.4 Å². The molecule has 0 aliphatic heterocycles. The highest BCUT2D eigenvalue weighted by atomic mass is 19.3. The zero-order chi connectivity index (χ0) is 21.4. The molecule has 29 heavy (non-hydrogen) atoms. The highest BCUT2D eigenvalue weighted by Gasteiger charge is 2.15. The molecule has 154 valence electrons. The highest BCUT2D eigenvalue weighted by molar-refractivity contribution is 5.99. The molecule has 2 aromatic rings. The van der Waals surface area contributed by atoms with Crippen molar-refractivity contribution in [2.45, 2.75) is 6.61 Å². The number of benzene rings is 2. The molecule has 0 saturated heterocycles. The van der Waals surface area contributed by atoms with Gasteiger partial charge in [-0.15, -0.1) is 0 Å². The summed E-state index contributed by atoms with van der Waals surface area (Å²) in [5, 5.41) is 0. The number of methoxy groups -OCH3 is 2. The molecule has 2 rings (SSSR count). The van der Waals surface area contributed by atoms with Crippen LogP contribution < -0.4 is 14.2 Å². The van der Waals surface area contributed by atoms with Crippen LogP contribution in [0.15, 0.2) is 42.5 Å². The normalized spacial score (nSPS) is 10.8. The number of halogens is 3. The predicted molar refractivity (Wildman–Crippen MR) is 96.9 cm³/mol. The average molecular weight is 410 g/mol. The second-order valence-electron chi connectivity index (χ2n) is 5.47. The van der Waals surface area contributed by atoms with Gasteiger partial charge in [0.05, 0.1) is 14.2 Å². The third-order valence-electron chi connectivity index (χ3n) is 3.65. The molecule has 0 spiro atoms. The van der Waals surface area contributed by atoms with Crippen molar-refractivity contribution >= 4 is 17.8 Å². The Balaban J connectivity index is 2.03. The third kappa shape index (κ3) is 6.00. The number of ether oxygens (including phenoxy) is 4. The molecule has 0 aliphatic rings. The maximum atomic E-state index is 13.6. The zero-order valence-corrected chi connectivity index (χ0v) is 15.5. The van der Waals surface area contributed by atoms with E-state index in [1.54, 1.807) is 0 Å². The van der Waals surface area contributed by atoms with E-state index >= 15 is 0 Å². The maximum absolute atomic E-state index is 13.6. The standard InChI is InChI=1S/C20H17F3O6/c1-26-16-8-6-13(10-14(16)21)15(24)11-28-18(25)9-7-12-4-3-5-17(27-2)19(12)29-20(22)23/h3-10,20H,11H2,1-2H3/b9-7+. The molecular weight excluding hydrogens is 393 g/mol. The van der Waals surface area contributed by atoms with Crippen molar-refractivity contribution in [3.8, 4) is 17.2 Å². The number of carbonyl (C=O) groups is 2. The quantitative estimate of drug-likeness (QED) is 0.355. The van der Waals surface area contributed by atoms with Crippen LogP contribution in [-0.4, -0.2) is 39.2 Å². The minimum Gasteiger partial charge on any atom is -0.494 e. The van der Waals surface area contributed by atoms with Crippen molar-refractivity contribution in [2.24, 2.45) is 0 Å². The molecule has 0 aliphatic carbocycles. The Hall–Kier alpha value is -3.49.